The zero-order valence-electron chi connectivity index (χ0n) is 10.5. The number of methoxy groups -OCH3 is 1. The Morgan fingerprint density at radius 2 is 2.00 bits per heavy atom. The molecule has 0 unspecified atom stereocenters. The summed E-state index contributed by atoms with van der Waals surface area (Å²) in [6, 6.07) is 7.54. The fourth-order valence-electron chi connectivity index (χ4n) is 1.80. The van der Waals surface area contributed by atoms with Gasteiger partial charge >= 0.3 is 0 Å². The maximum Gasteiger partial charge on any atom is 0.231 e. The third-order valence-electron chi connectivity index (χ3n) is 2.74. The van der Waals surface area contributed by atoms with Gasteiger partial charge in [-0.2, -0.15) is 4.98 Å². The van der Waals surface area contributed by atoms with E-state index in [-0.39, 0.29) is 6.79 Å². The Morgan fingerprint density at radius 3 is 2.79 bits per heavy atom. The highest BCUT2D eigenvalue weighted by Crippen LogP contribution is 2.36. The number of hydrogen-bond donors (Lipinski definition) is 0. The first-order chi connectivity index (χ1) is 9.30. The first-order valence-corrected chi connectivity index (χ1v) is 6.89. The summed E-state index contributed by atoms with van der Waals surface area (Å²) in [5, 5.41) is 0.673. The number of aromatic nitrogens is 2. The summed E-state index contributed by atoms with van der Waals surface area (Å²) in [7, 11) is 1.59. The lowest BCUT2D eigenvalue weighted by Gasteiger charge is -2.06. The van der Waals surface area contributed by atoms with Crippen molar-refractivity contribution >= 4 is 11.8 Å². The fraction of sp³-hybridized carbons (Fsp3) is 0.231. The lowest BCUT2D eigenvalue weighted by atomic mass is 10.1. The molecule has 0 saturated heterocycles. The van der Waals surface area contributed by atoms with Crippen molar-refractivity contribution in [3.8, 4) is 28.6 Å². The third-order valence-corrected chi connectivity index (χ3v) is 3.29. The van der Waals surface area contributed by atoms with Crippen LogP contribution in [0, 0.1) is 0 Å². The number of ether oxygens (including phenoxy) is 3. The number of nitrogens with zero attached hydrogens (tertiary/aromatic N) is 2. The lowest BCUT2D eigenvalue weighted by molar-refractivity contribution is 0.174. The van der Waals surface area contributed by atoms with Crippen molar-refractivity contribution in [2.24, 2.45) is 0 Å². The second-order valence-corrected chi connectivity index (χ2v) is 4.62. The van der Waals surface area contributed by atoms with Crippen LogP contribution in [-0.2, 0) is 0 Å². The van der Waals surface area contributed by atoms with E-state index in [0.717, 1.165) is 22.8 Å². The smallest absolute Gasteiger partial charge is 0.231 e. The summed E-state index contributed by atoms with van der Waals surface area (Å²) in [5.74, 6) is 2.04. The van der Waals surface area contributed by atoms with Gasteiger partial charge in [-0.3, -0.25) is 0 Å². The Bertz CT molecular complexity index is 597. The minimum atomic E-state index is 0.266. The average Bonchev–Trinajstić information content (AvgIpc) is 2.94. The number of hydrogen-bond acceptors (Lipinski definition) is 6. The van der Waals surface area contributed by atoms with Gasteiger partial charge in [-0.15, -0.1) is 0 Å². The predicted molar refractivity (Wildman–Crippen MR) is 71.9 cm³/mol. The van der Waals surface area contributed by atoms with Crippen LogP contribution in [0.2, 0.25) is 0 Å². The van der Waals surface area contributed by atoms with Gasteiger partial charge in [0.05, 0.1) is 12.8 Å². The van der Waals surface area contributed by atoms with Crippen LogP contribution in [0.25, 0.3) is 11.3 Å². The molecule has 1 aliphatic heterocycles. The number of fused-ring (bicyclic) bond motifs is 1. The normalized spacial score (nSPS) is 12.5. The topological polar surface area (TPSA) is 53.5 Å². The van der Waals surface area contributed by atoms with Gasteiger partial charge in [0.2, 0.25) is 12.7 Å². The molecular formula is C13H12N2O3S. The molecule has 1 aliphatic rings. The first-order valence-electron chi connectivity index (χ1n) is 5.67. The summed E-state index contributed by atoms with van der Waals surface area (Å²) in [5.41, 5.74) is 1.75. The molecule has 2 aromatic rings. The van der Waals surface area contributed by atoms with E-state index in [0.29, 0.717) is 11.0 Å². The molecule has 0 amide bonds. The second-order valence-electron chi connectivity index (χ2n) is 3.85. The molecule has 19 heavy (non-hydrogen) atoms. The number of benzene rings is 1. The Hall–Kier alpha value is -1.95. The summed E-state index contributed by atoms with van der Waals surface area (Å²) >= 11 is 1.47. The highest BCUT2D eigenvalue weighted by Gasteiger charge is 2.15. The molecule has 0 radical (unpaired) electrons. The maximum absolute atomic E-state index is 5.37. The highest BCUT2D eigenvalue weighted by molar-refractivity contribution is 7.98. The van der Waals surface area contributed by atoms with Crippen molar-refractivity contribution in [2.45, 2.75) is 5.16 Å². The van der Waals surface area contributed by atoms with E-state index in [1.165, 1.54) is 11.8 Å². The molecule has 0 aliphatic carbocycles. The van der Waals surface area contributed by atoms with Crippen LogP contribution in [0.4, 0.5) is 0 Å². The van der Waals surface area contributed by atoms with E-state index in [2.05, 4.69) is 9.97 Å². The zero-order valence-corrected chi connectivity index (χ0v) is 11.4. The van der Waals surface area contributed by atoms with Gasteiger partial charge < -0.3 is 14.2 Å². The molecule has 1 aromatic heterocycles. The molecule has 3 rings (SSSR count). The summed E-state index contributed by atoms with van der Waals surface area (Å²) in [4.78, 5) is 8.71. The van der Waals surface area contributed by atoms with E-state index < -0.39 is 0 Å². The van der Waals surface area contributed by atoms with Gasteiger partial charge in [0.25, 0.3) is 0 Å². The molecule has 1 aromatic carbocycles. The Kier molecular flexibility index (Phi) is 3.16. The Balaban J connectivity index is 2.05. The molecule has 0 N–H and O–H groups in total. The quantitative estimate of drug-likeness (QED) is 0.634. The maximum atomic E-state index is 5.37. The van der Waals surface area contributed by atoms with Crippen LogP contribution in [0.1, 0.15) is 0 Å². The lowest BCUT2D eigenvalue weighted by Crippen LogP contribution is -1.95. The summed E-state index contributed by atoms with van der Waals surface area (Å²) < 4.78 is 15.9. The van der Waals surface area contributed by atoms with Crippen LogP contribution in [0.5, 0.6) is 17.4 Å². The predicted octanol–water partition coefficient (Wildman–Crippen LogP) is 2.60. The van der Waals surface area contributed by atoms with E-state index >= 15 is 0 Å². The highest BCUT2D eigenvalue weighted by atomic mass is 32.2. The SMILES string of the molecule is COc1cc(-c2ccc3c(c2)OCO3)nc(SC)n1. The van der Waals surface area contributed by atoms with Gasteiger partial charge in [-0.05, 0) is 24.5 Å². The molecule has 5 nitrogen and oxygen atoms in total. The minimum Gasteiger partial charge on any atom is -0.481 e. The Labute approximate surface area is 114 Å². The van der Waals surface area contributed by atoms with Crippen LogP contribution >= 0.6 is 11.8 Å². The summed E-state index contributed by atoms with van der Waals surface area (Å²) in [6.07, 6.45) is 1.93. The van der Waals surface area contributed by atoms with Gasteiger partial charge in [0.1, 0.15) is 0 Å². The molecule has 6 heteroatoms. The van der Waals surface area contributed by atoms with Crippen LogP contribution in [0.3, 0.4) is 0 Å². The zero-order chi connectivity index (χ0) is 13.2. The van der Waals surface area contributed by atoms with Crippen molar-refractivity contribution < 1.29 is 14.2 Å². The molecule has 0 spiro atoms. The number of thioether (sulfide) groups is 1. The molecule has 0 bridgehead atoms. The van der Waals surface area contributed by atoms with Crippen LogP contribution in [-0.4, -0.2) is 30.1 Å². The number of rotatable bonds is 3. The largest absolute Gasteiger partial charge is 0.481 e. The monoisotopic (exact) mass is 276 g/mol. The second kappa shape index (κ2) is 4.97. The van der Waals surface area contributed by atoms with E-state index in [1.54, 1.807) is 13.2 Å². The molecule has 0 fully saturated rings. The van der Waals surface area contributed by atoms with Crippen molar-refractivity contribution in [3.63, 3.8) is 0 Å². The Morgan fingerprint density at radius 1 is 1.16 bits per heavy atom. The molecule has 2 heterocycles. The van der Waals surface area contributed by atoms with E-state index in [9.17, 15) is 0 Å². The van der Waals surface area contributed by atoms with Crippen LogP contribution in [0.15, 0.2) is 29.4 Å². The average molecular weight is 276 g/mol. The van der Waals surface area contributed by atoms with Crippen molar-refractivity contribution in [1.82, 2.24) is 9.97 Å². The minimum absolute atomic E-state index is 0.266. The van der Waals surface area contributed by atoms with Crippen LogP contribution < -0.4 is 14.2 Å². The third kappa shape index (κ3) is 2.31. The van der Waals surface area contributed by atoms with Crippen molar-refractivity contribution in [3.05, 3.63) is 24.3 Å². The molecule has 0 atom stereocenters. The molecular weight excluding hydrogens is 264 g/mol. The summed E-state index contributed by atoms with van der Waals surface area (Å²) in [6.45, 7) is 0.266. The van der Waals surface area contributed by atoms with Crippen molar-refractivity contribution in [1.29, 1.82) is 0 Å². The standard InChI is InChI=1S/C13H12N2O3S/c1-16-12-6-9(14-13(15-12)19-2)8-3-4-10-11(5-8)18-7-17-10/h3-6H,7H2,1-2H3. The first kappa shape index (κ1) is 12.1. The van der Waals surface area contributed by atoms with E-state index in [1.807, 2.05) is 24.5 Å². The molecule has 0 saturated carbocycles. The van der Waals surface area contributed by atoms with E-state index in [4.69, 9.17) is 14.2 Å². The molecule has 98 valence electrons. The van der Waals surface area contributed by atoms with Gasteiger partial charge in [0.15, 0.2) is 16.7 Å². The van der Waals surface area contributed by atoms with Gasteiger partial charge in [-0.1, -0.05) is 11.8 Å². The fourth-order valence-corrected chi connectivity index (χ4v) is 2.17. The van der Waals surface area contributed by atoms with Gasteiger partial charge in [-0.25, -0.2) is 4.98 Å². The van der Waals surface area contributed by atoms with Crippen molar-refractivity contribution in [2.75, 3.05) is 20.2 Å². The van der Waals surface area contributed by atoms with Gasteiger partial charge in [0, 0.05) is 11.6 Å².